The van der Waals surface area contributed by atoms with Gasteiger partial charge in [0.1, 0.15) is 7.35 Å². The molecule has 11 aromatic rings. The van der Waals surface area contributed by atoms with Gasteiger partial charge in [-0.05, 0) is 121 Å². The van der Waals surface area contributed by atoms with Crippen LogP contribution in [0.5, 0.6) is 0 Å². The Labute approximate surface area is 485 Å². The molecule has 6 nitrogen and oxygen atoms in total. The molecule has 13 rings (SSSR count). The van der Waals surface area contributed by atoms with Crippen molar-refractivity contribution >= 4 is 51.0 Å². The number of rotatable bonds is 12. The third-order valence-electron chi connectivity index (χ3n) is 16.0. The standard InChI is InChI=1S/C74H59IN6/c1-49-46-57(40-44-61(49)73(2,3)62-31-19-18-30-59(62)47-50-34-36-55(37-35-50)72-79-70(53-26-14-8-15-27-53)78-71(80-72)54-28-16-9-17-29-54)58-41-45-64-66(48-58)81(65-33-21-20-32-63(65)74(64,4)5)60-42-38-56(39-43-60)69-76-67(51-22-10-6-11-23-51)75-68(77-69)52-24-12-7-13-25-52/h6-46,48H,47H2,1-5H3. The Hall–Kier alpha value is -9.05. The zero-order chi connectivity index (χ0) is 55.1. The first-order valence-electron chi connectivity index (χ1n) is 27.7. The Morgan fingerprint density at radius 2 is 0.914 bits per heavy atom. The zero-order valence-corrected chi connectivity index (χ0v) is 48.2. The fourth-order valence-corrected chi connectivity index (χ4v) is 14.2. The van der Waals surface area contributed by atoms with Crippen LogP contribution < -0.4 is 4.90 Å². The summed E-state index contributed by atoms with van der Waals surface area (Å²) in [7, 11) is 0. The molecule has 0 unspecified atom stereocenters. The highest BCUT2D eigenvalue weighted by atomic mass is 127. The van der Waals surface area contributed by atoms with Crippen LogP contribution in [0.25, 0.3) is 45.3 Å². The molecule has 0 atom stereocenters. The van der Waals surface area contributed by atoms with Crippen molar-refractivity contribution in [3.63, 3.8) is 0 Å². The second-order valence-corrected chi connectivity index (χ2v) is 24.5. The van der Waals surface area contributed by atoms with Gasteiger partial charge in [-0.25, -0.2) is 24.9 Å². The third kappa shape index (κ3) is 10.1. The fraction of sp³-hybridized carbons (Fsp3) is 0.108. The topological polar surface area (TPSA) is 66.6 Å². The van der Waals surface area contributed by atoms with Gasteiger partial charge in [0.2, 0.25) is 0 Å². The average molecular weight is 1160 g/mol. The zero-order valence-electron chi connectivity index (χ0n) is 46.0. The average Bonchev–Trinajstić information content (AvgIpc) is 3.67. The molecular weight excluding hydrogens is 1100 g/mol. The minimum absolute atomic E-state index is 0.223. The number of amidine groups is 1. The predicted octanol–water partition coefficient (Wildman–Crippen LogP) is 18.2. The molecule has 0 saturated heterocycles. The molecule has 81 heavy (non-hydrogen) atoms. The van der Waals surface area contributed by atoms with Crippen LogP contribution in [-0.2, 0) is 17.3 Å². The monoisotopic (exact) mass is 1160 g/mol. The fourth-order valence-electron chi connectivity index (χ4n) is 11.7. The van der Waals surface area contributed by atoms with Crippen LogP contribution in [0.15, 0.2) is 265 Å². The van der Waals surface area contributed by atoms with Gasteiger partial charge in [0.15, 0.2) is 23.3 Å². The number of aryl methyl sites for hydroxylation is 1. The number of benzene rings is 10. The van der Waals surface area contributed by atoms with Gasteiger partial charge < -0.3 is 4.90 Å². The van der Waals surface area contributed by atoms with E-state index in [-0.39, 0.29) is 10.8 Å². The molecule has 0 aliphatic carbocycles. The number of hydrogen-bond donors (Lipinski definition) is 0. The van der Waals surface area contributed by atoms with Crippen LogP contribution in [0, 0.1) is 6.92 Å². The van der Waals surface area contributed by atoms with Crippen molar-refractivity contribution in [1.82, 2.24) is 15.0 Å². The van der Waals surface area contributed by atoms with Gasteiger partial charge in [0.25, 0.3) is 0 Å². The number of fused-ring (bicyclic) bond motifs is 2. The van der Waals surface area contributed by atoms with Gasteiger partial charge >= 0.3 is 0 Å². The van der Waals surface area contributed by atoms with Gasteiger partial charge in [0.05, 0.1) is 11.4 Å². The maximum absolute atomic E-state index is 5.25. The van der Waals surface area contributed by atoms with Crippen LogP contribution in [-0.4, -0.2) is 28.1 Å². The second-order valence-electron chi connectivity index (χ2n) is 21.9. The van der Waals surface area contributed by atoms with E-state index in [0.717, 1.165) is 58.7 Å². The van der Waals surface area contributed by atoms with E-state index >= 15 is 0 Å². The molecule has 3 heterocycles. The summed E-state index contributed by atoms with van der Waals surface area (Å²) in [6, 6.07) is 90.9. The first-order chi connectivity index (χ1) is 39.5. The minimum Gasteiger partial charge on any atom is -0.310 e. The molecule has 0 saturated carbocycles. The molecule has 2 aliphatic rings. The first kappa shape index (κ1) is 51.4. The van der Waals surface area contributed by atoms with E-state index in [2.05, 4.69) is 234 Å². The Balaban J connectivity index is 0.793. The SMILES string of the molecule is Cc1cc(-c2ccc3c(c2)N(c2ccc(C4=NC(c5ccccc5)=IC(c5ccccc5)=N4)cc2)c2ccccc2C3(C)C)ccc1C(C)(C)c1ccccc1Cc1ccc(-c2nc(-c3ccccc3)nc(-c3ccccc3)n2)cc1. The predicted molar refractivity (Wildman–Crippen MR) is 345 cm³/mol. The molecule has 0 radical (unpaired) electrons. The largest absolute Gasteiger partial charge is 0.310 e. The van der Waals surface area contributed by atoms with Crippen LogP contribution in [0.1, 0.15) is 83.3 Å². The van der Waals surface area contributed by atoms with E-state index in [1.54, 1.807) is 0 Å². The van der Waals surface area contributed by atoms with Gasteiger partial charge in [-0.15, -0.1) is 0 Å². The van der Waals surface area contributed by atoms with Crippen molar-refractivity contribution in [2.45, 2.75) is 51.9 Å². The Bertz CT molecular complexity index is 4130. The van der Waals surface area contributed by atoms with Crippen molar-refractivity contribution in [2.75, 3.05) is 4.90 Å². The summed E-state index contributed by atoms with van der Waals surface area (Å²) in [5.74, 6) is 2.71. The molecule has 392 valence electrons. The molecule has 0 spiro atoms. The Morgan fingerprint density at radius 3 is 1.54 bits per heavy atom. The second kappa shape index (κ2) is 21.5. The molecule has 0 amide bonds. The van der Waals surface area contributed by atoms with Crippen LogP contribution in [0.2, 0.25) is 0 Å². The minimum atomic E-state index is -0.585. The number of halogens is 1. The highest BCUT2D eigenvalue weighted by molar-refractivity contribution is 14.2. The quantitative estimate of drug-likeness (QED) is 0.114. The number of para-hydroxylation sites is 1. The lowest BCUT2D eigenvalue weighted by molar-refractivity contribution is 0.629. The smallest absolute Gasteiger partial charge is 0.164 e. The molecule has 0 fully saturated rings. The molecule has 7 heteroatoms. The maximum Gasteiger partial charge on any atom is 0.164 e. The third-order valence-corrected chi connectivity index (χ3v) is 18.7. The summed E-state index contributed by atoms with van der Waals surface area (Å²) in [6.45, 7) is 11.7. The van der Waals surface area contributed by atoms with E-state index < -0.39 is 20.7 Å². The lowest BCUT2D eigenvalue weighted by Crippen LogP contribution is -2.30. The van der Waals surface area contributed by atoms with Crippen molar-refractivity contribution < 1.29 is 0 Å². The summed E-state index contributed by atoms with van der Waals surface area (Å²) in [4.78, 5) is 27.8. The molecule has 0 bridgehead atoms. The van der Waals surface area contributed by atoms with Crippen molar-refractivity contribution in [1.29, 1.82) is 0 Å². The van der Waals surface area contributed by atoms with Gasteiger partial charge in [-0.1, -0.05) is 246 Å². The normalized spacial score (nSPS) is 13.7. The van der Waals surface area contributed by atoms with Crippen molar-refractivity contribution in [3.05, 3.63) is 310 Å². The number of nitrogens with zero attached hydrogens (tertiary/aromatic N) is 6. The molecular formula is C74H59IN6. The highest BCUT2D eigenvalue weighted by Gasteiger charge is 2.37. The van der Waals surface area contributed by atoms with Crippen molar-refractivity contribution in [2.24, 2.45) is 9.98 Å². The first-order valence-corrected chi connectivity index (χ1v) is 29.8. The summed E-state index contributed by atoms with van der Waals surface area (Å²) >= 11 is -0.585. The molecule has 2 aliphatic heterocycles. The van der Waals surface area contributed by atoms with E-state index in [9.17, 15) is 0 Å². The number of aromatic nitrogens is 3. The van der Waals surface area contributed by atoms with Crippen LogP contribution in [0.4, 0.5) is 17.1 Å². The molecule has 0 N–H and O–H groups in total. The van der Waals surface area contributed by atoms with E-state index in [1.165, 1.54) is 61.4 Å². The summed E-state index contributed by atoms with van der Waals surface area (Å²) in [5, 5.41) is 0. The maximum atomic E-state index is 5.25. The number of anilines is 3. The summed E-state index contributed by atoms with van der Waals surface area (Å²) in [5.41, 5.74) is 20.5. The molecule has 10 aromatic carbocycles. The summed E-state index contributed by atoms with van der Waals surface area (Å²) in [6.07, 6.45) is 0.791. The van der Waals surface area contributed by atoms with Gasteiger partial charge in [-0.2, -0.15) is 0 Å². The highest BCUT2D eigenvalue weighted by Crippen LogP contribution is 2.53. The van der Waals surface area contributed by atoms with Crippen molar-refractivity contribution in [3.8, 4) is 45.3 Å². The van der Waals surface area contributed by atoms with Gasteiger partial charge in [0, 0.05) is 49.9 Å². The number of hydrogen-bond acceptors (Lipinski definition) is 6. The lowest BCUT2D eigenvalue weighted by atomic mass is 9.72. The Morgan fingerprint density at radius 1 is 0.420 bits per heavy atom. The van der Waals surface area contributed by atoms with Crippen LogP contribution in [0.3, 0.4) is 0 Å². The lowest BCUT2D eigenvalue weighted by Gasteiger charge is -2.42. The Kier molecular flexibility index (Phi) is 13.7. The number of aliphatic imine (C=N–C) groups is 2. The molecule has 1 aromatic heterocycles. The van der Waals surface area contributed by atoms with E-state index in [0.29, 0.717) is 17.5 Å². The van der Waals surface area contributed by atoms with Crippen LogP contribution >= 0.6 is 20.7 Å². The summed E-state index contributed by atoms with van der Waals surface area (Å²) < 4.78 is 2.25. The van der Waals surface area contributed by atoms with E-state index in [4.69, 9.17) is 24.9 Å². The van der Waals surface area contributed by atoms with E-state index in [1.807, 2.05) is 60.7 Å². The van der Waals surface area contributed by atoms with Gasteiger partial charge in [-0.3, -0.25) is 0 Å².